The molecule has 0 atom stereocenters. The molecule has 5 heteroatoms. The number of ketones is 1. The molecule has 4 nitrogen and oxygen atoms in total. The number of rotatable bonds is 3. The normalized spacial score (nSPS) is 14.4. The standard InChI is InChI=1S/C10H13N3OS/c1-11-5-7-9-6(3-4-8(9)14)12-10(13-7)15-2/h11H,3-5H2,1-2H3. The van der Waals surface area contributed by atoms with Crippen molar-refractivity contribution in [3.05, 3.63) is 17.0 Å². The van der Waals surface area contributed by atoms with Gasteiger partial charge in [-0.25, -0.2) is 9.97 Å². The number of carbonyl (C=O) groups excluding carboxylic acids is 1. The molecule has 0 aromatic carbocycles. The summed E-state index contributed by atoms with van der Waals surface area (Å²) in [4.78, 5) is 20.4. The molecule has 0 saturated carbocycles. The second kappa shape index (κ2) is 4.28. The number of aromatic nitrogens is 2. The van der Waals surface area contributed by atoms with E-state index >= 15 is 0 Å². The van der Waals surface area contributed by atoms with Crippen LogP contribution in [0.2, 0.25) is 0 Å². The summed E-state index contributed by atoms with van der Waals surface area (Å²) in [6, 6.07) is 0. The Kier molecular flexibility index (Phi) is 3.02. The summed E-state index contributed by atoms with van der Waals surface area (Å²) >= 11 is 1.51. The second-order valence-electron chi connectivity index (χ2n) is 3.43. The first kappa shape index (κ1) is 10.6. The van der Waals surface area contributed by atoms with E-state index < -0.39 is 0 Å². The summed E-state index contributed by atoms with van der Waals surface area (Å²) in [5, 5.41) is 3.79. The van der Waals surface area contributed by atoms with Crippen molar-refractivity contribution in [2.75, 3.05) is 13.3 Å². The first-order chi connectivity index (χ1) is 7.26. The Morgan fingerprint density at radius 3 is 2.87 bits per heavy atom. The quantitative estimate of drug-likeness (QED) is 0.613. The van der Waals surface area contributed by atoms with Crippen molar-refractivity contribution in [1.29, 1.82) is 0 Å². The summed E-state index contributed by atoms with van der Waals surface area (Å²) in [6.07, 6.45) is 3.29. The Morgan fingerprint density at radius 1 is 1.40 bits per heavy atom. The molecule has 0 unspecified atom stereocenters. The summed E-state index contributed by atoms with van der Waals surface area (Å²) in [5.41, 5.74) is 2.51. The zero-order valence-electron chi connectivity index (χ0n) is 8.83. The monoisotopic (exact) mass is 223 g/mol. The van der Waals surface area contributed by atoms with Gasteiger partial charge in [-0.15, -0.1) is 0 Å². The number of thioether (sulfide) groups is 1. The maximum atomic E-state index is 11.6. The van der Waals surface area contributed by atoms with E-state index in [1.54, 1.807) is 0 Å². The molecule has 0 aliphatic heterocycles. The van der Waals surface area contributed by atoms with Crippen LogP contribution in [0.15, 0.2) is 5.16 Å². The zero-order valence-corrected chi connectivity index (χ0v) is 9.65. The Labute approximate surface area is 92.9 Å². The van der Waals surface area contributed by atoms with E-state index in [0.717, 1.165) is 28.5 Å². The van der Waals surface area contributed by atoms with Crippen LogP contribution in [0.1, 0.15) is 28.2 Å². The SMILES string of the molecule is CNCc1nc(SC)nc2c1C(=O)CC2. The average Bonchev–Trinajstić information content (AvgIpc) is 2.61. The minimum atomic E-state index is 0.183. The van der Waals surface area contributed by atoms with Crippen LogP contribution in [-0.2, 0) is 13.0 Å². The Bertz CT molecular complexity index is 406. The van der Waals surface area contributed by atoms with Crippen LogP contribution in [0, 0.1) is 0 Å². The molecule has 0 spiro atoms. The van der Waals surface area contributed by atoms with Crippen molar-refractivity contribution >= 4 is 17.5 Å². The molecule has 0 saturated heterocycles. The minimum absolute atomic E-state index is 0.183. The maximum Gasteiger partial charge on any atom is 0.187 e. The van der Waals surface area contributed by atoms with Gasteiger partial charge in [0.1, 0.15) is 0 Å². The number of fused-ring (bicyclic) bond motifs is 1. The Hall–Kier alpha value is -0.940. The highest BCUT2D eigenvalue weighted by Crippen LogP contribution is 2.25. The molecule has 0 radical (unpaired) electrons. The fraction of sp³-hybridized carbons (Fsp3) is 0.500. The predicted molar refractivity (Wildman–Crippen MR) is 59.2 cm³/mol. The van der Waals surface area contributed by atoms with Crippen LogP contribution < -0.4 is 5.32 Å². The lowest BCUT2D eigenvalue weighted by Gasteiger charge is -2.07. The number of nitrogens with zero attached hydrogens (tertiary/aromatic N) is 2. The van der Waals surface area contributed by atoms with Crippen molar-refractivity contribution in [2.24, 2.45) is 0 Å². The zero-order chi connectivity index (χ0) is 10.8. The van der Waals surface area contributed by atoms with E-state index in [2.05, 4.69) is 15.3 Å². The number of aryl methyl sites for hydroxylation is 1. The van der Waals surface area contributed by atoms with E-state index in [4.69, 9.17) is 0 Å². The topological polar surface area (TPSA) is 54.9 Å². The first-order valence-corrected chi connectivity index (χ1v) is 6.10. The van der Waals surface area contributed by atoms with Crippen LogP contribution in [0.5, 0.6) is 0 Å². The van der Waals surface area contributed by atoms with Gasteiger partial charge in [-0.3, -0.25) is 4.79 Å². The smallest absolute Gasteiger partial charge is 0.187 e. The molecule has 1 heterocycles. The predicted octanol–water partition coefficient (Wildman–Crippen LogP) is 1.05. The average molecular weight is 223 g/mol. The van der Waals surface area contributed by atoms with Crippen molar-refractivity contribution in [2.45, 2.75) is 24.5 Å². The molecule has 0 fully saturated rings. The molecule has 1 aromatic heterocycles. The van der Waals surface area contributed by atoms with E-state index in [1.165, 1.54) is 11.8 Å². The van der Waals surface area contributed by atoms with Crippen molar-refractivity contribution in [3.8, 4) is 0 Å². The van der Waals surface area contributed by atoms with Gasteiger partial charge in [0.25, 0.3) is 0 Å². The number of hydrogen-bond donors (Lipinski definition) is 1. The number of carbonyl (C=O) groups is 1. The van der Waals surface area contributed by atoms with Crippen LogP contribution in [0.3, 0.4) is 0 Å². The summed E-state index contributed by atoms with van der Waals surface area (Å²) in [5.74, 6) is 0.183. The van der Waals surface area contributed by atoms with Crippen molar-refractivity contribution in [1.82, 2.24) is 15.3 Å². The van der Waals surface area contributed by atoms with E-state index in [9.17, 15) is 4.79 Å². The van der Waals surface area contributed by atoms with Gasteiger partial charge < -0.3 is 5.32 Å². The van der Waals surface area contributed by atoms with Gasteiger partial charge in [-0.1, -0.05) is 11.8 Å². The lowest BCUT2D eigenvalue weighted by Crippen LogP contribution is -2.13. The van der Waals surface area contributed by atoms with E-state index in [1.807, 2.05) is 13.3 Å². The van der Waals surface area contributed by atoms with E-state index in [0.29, 0.717) is 13.0 Å². The molecular formula is C10H13N3OS. The number of nitrogens with one attached hydrogen (secondary N) is 1. The number of Topliss-reactive ketones (excluding diaryl/α,β-unsaturated/α-hetero) is 1. The third-order valence-corrected chi connectivity index (χ3v) is 2.98. The highest BCUT2D eigenvalue weighted by Gasteiger charge is 2.25. The fourth-order valence-corrected chi connectivity index (χ4v) is 2.18. The molecule has 80 valence electrons. The molecule has 1 aromatic rings. The summed E-state index contributed by atoms with van der Waals surface area (Å²) in [7, 11) is 1.85. The lowest BCUT2D eigenvalue weighted by atomic mass is 10.1. The molecule has 0 bridgehead atoms. The Morgan fingerprint density at radius 2 is 2.20 bits per heavy atom. The fourth-order valence-electron chi connectivity index (χ4n) is 1.78. The van der Waals surface area contributed by atoms with Gasteiger partial charge in [-0.2, -0.15) is 0 Å². The summed E-state index contributed by atoms with van der Waals surface area (Å²) in [6.45, 7) is 0.629. The molecule has 1 aliphatic rings. The van der Waals surface area contributed by atoms with Gasteiger partial charge in [0.2, 0.25) is 0 Å². The minimum Gasteiger partial charge on any atom is -0.314 e. The second-order valence-corrected chi connectivity index (χ2v) is 4.21. The van der Waals surface area contributed by atoms with Gasteiger partial charge in [0.15, 0.2) is 10.9 Å². The highest BCUT2D eigenvalue weighted by atomic mass is 32.2. The van der Waals surface area contributed by atoms with Gasteiger partial charge in [0, 0.05) is 13.0 Å². The van der Waals surface area contributed by atoms with Gasteiger partial charge in [-0.05, 0) is 19.7 Å². The summed E-state index contributed by atoms with van der Waals surface area (Å²) < 4.78 is 0. The van der Waals surface area contributed by atoms with E-state index in [-0.39, 0.29) is 5.78 Å². The maximum absolute atomic E-state index is 11.6. The first-order valence-electron chi connectivity index (χ1n) is 4.88. The Balaban J connectivity index is 2.50. The lowest BCUT2D eigenvalue weighted by molar-refractivity contribution is 0.0993. The molecule has 0 amide bonds. The van der Waals surface area contributed by atoms with Crippen LogP contribution in [0.25, 0.3) is 0 Å². The number of hydrogen-bond acceptors (Lipinski definition) is 5. The van der Waals surface area contributed by atoms with Gasteiger partial charge in [0.05, 0.1) is 17.0 Å². The van der Waals surface area contributed by atoms with Crippen LogP contribution in [0.4, 0.5) is 0 Å². The molecule has 2 rings (SSSR count). The largest absolute Gasteiger partial charge is 0.314 e. The third kappa shape index (κ3) is 1.89. The van der Waals surface area contributed by atoms with Crippen molar-refractivity contribution < 1.29 is 4.79 Å². The molecule has 1 aliphatic carbocycles. The molecule has 15 heavy (non-hydrogen) atoms. The third-order valence-electron chi connectivity index (χ3n) is 2.43. The highest BCUT2D eigenvalue weighted by molar-refractivity contribution is 7.98. The van der Waals surface area contributed by atoms with Crippen LogP contribution >= 0.6 is 11.8 Å². The molecular weight excluding hydrogens is 210 g/mol. The van der Waals surface area contributed by atoms with Crippen LogP contribution in [-0.4, -0.2) is 29.1 Å². The molecule has 1 N–H and O–H groups in total. The van der Waals surface area contributed by atoms with Crippen molar-refractivity contribution in [3.63, 3.8) is 0 Å². The van der Waals surface area contributed by atoms with Gasteiger partial charge >= 0.3 is 0 Å².